The fourth-order valence-electron chi connectivity index (χ4n) is 2.67. The topological polar surface area (TPSA) is 83.7 Å². The Labute approximate surface area is 180 Å². The van der Waals surface area contributed by atoms with Crippen molar-refractivity contribution in [2.75, 3.05) is 11.9 Å². The van der Waals surface area contributed by atoms with Gasteiger partial charge in [-0.2, -0.15) is 0 Å². The molecule has 3 aromatic rings. The van der Waals surface area contributed by atoms with E-state index in [-0.39, 0.29) is 17.6 Å². The molecule has 0 aliphatic heterocycles. The van der Waals surface area contributed by atoms with E-state index in [0.29, 0.717) is 35.3 Å². The van der Waals surface area contributed by atoms with Crippen molar-refractivity contribution >= 4 is 28.9 Å². The van der Waals surface area contributed by atoms with Crippen molar-refractivity contribution in [2.24, 2.45) is 5.92 Å². The normalized spacial score (nSPS) is 10.7. The van der Waals surface area contributed by atoms with Gasteiger partial charge in [0.05, 0.1) is 6.61 Å². The molecular weight excluding hydrogens is 400 g/mol. The van der Waals surface area contributed by atoms with E-state index >= 15 is 0 Å². The van der Waals surface area contributed by atoms with Gasteiger partial charge >= 0.3 is 0 Å². The number of carbonyl (C=O) groups is 1. The van der Waals surface area contributed by atoms with E-state index in [1.165, 1.54) is 0 Å². The zero-order valence-electron chi connectivity index (χ0n) is 16.8. The lowest BCUT2D eigenvalue weighted by molar-refractivity contribution is 0.0977. The van der Waals surface area contributed by atoms with E-state index in [4.69, 9.17) is 26.5 Å². The Morgan fingerprint density at radius 3 is 2.57 bits per heavy atom. The maximum Gasteiger partial charge on any atom is 0.257 e. The van der Waals surface area contributed by atoms with Crippen molar-refractivity contribution in [2.45, 2.75) is 20.5 Å². The predicted octanol–water partition coefficient (Wildman–Crippen LogP) is 4.60. The molecule has 0 fully saturated rings. The van der Waals surface area contributed by atoms with Gasteiger partial charge in [-0.25, -0.2) is 0 Å². The number of aliphatic hydroxyl groups excluding tert-OH is 1. The average molecular weight is 425 g/mol. The van der Waals surface area contributed by atoms with E-state index in [9.17, 15) is 4.79 Å². The molecule has 0 unspecified atom stereocenters. The van der Waals surface area contributed by atoms with Gasteiger partial charge in [-0.15, -0.1) is 0 Å². The first kappa shape index (κ1) is 21.5. The van der Waals surface area contributed by atoms with Crippen molar-refractivity contribution in [3.05, 3.63) is 72.0 Å². The molecule has 0 bridgehead atoms. The number of nitrogens with one attached hydrogen (secondary N) is 2. The highest BCUT2D eigenvalue weighted by Gasteiger charge is 2.10. The largest absolute Gasteiger partial charge is 0.493 e. The summed E-state index contributed by atoms with van der Waals surface area (Å²) in [5, 5.41) is 15.0. The third-order valence-electron chi connectivity index (χ3n) is 4.15. The minimum absolute atomic E-state index is 0.154. The van der Waals surface area contributed by atoms with E-state index in [1.807, 2.05) is 24.3 Å². The molecule has 3 rings (SSSR count). The quantitative estimate of drug-likeness (QED) is 0.481. The zero-order valence-corrected chi connectivity index (χ0v) is 17.7. The van der Waals surface area contributed by atoms with Crippen LogP contribution in [0.15, 0.2) is 65.1 Å². The van der Waals surface area contributed by atoms with Gasteiger partial charge in [0.1, 0.15) is 23.9 Å². The molecule has 0 saturated carbocycles. The molecule has 2 aromatic carbocycles. The summed E-state index contributed by atoms with van der Waals surface area (Å²) in [6.07, 6.45) is 0. The van der Waals surface area contributed by atoms with E-state index < -0.39 is 0 Å². The number of hydrogen-bond acceptors (Lipinski definition) is 5. The number of carbonyl (C=O) groups excluding carboxylic acids is 1. The van der Waals surface area contributed by atoms with Crippen LogP contribution >= 0.6 is 12.2 Å². The van der Waals surface area contributed by atoms with Gasteiger partial charge in [-0.1, -0.05) is 26.0 Å². The van der Waals surface area contributed by atoms with Gasteiger partial charge in [0.15, 0.2) is 5.11 Å². The Kier molecular flexibility index (Phi) is 7.21. The summed E-state index contributed by atoms with van der Waals surface area (Å²) in [7, 11) is 0. The molecule has 0 spiro atoms. The second-order valence-corrected chi connectivity index (χ2v) is 7.55. The fourth-order valence-corrected chi connectivity index (χ4v) is 2.88. The first-order valence-corrected chi connectivity index (χ1v) is 10.0. The van der Waals surface area contributed by atoms with Crippen LogP contribution in [-0.4, -0.2) is 22.7 Å². The number of furan rings is 1. The third kappa shape index (κ3) is 5.92. The van der Waals surface area contributed by atoms with Crippen molar-refractivity contribution in [1.29, 1.82) is 0 Å². The molecule has 0 radical (unpaired) electrons. The SMILES string of the molecule is CC(C)COc1ccc(C(=O)NC(=S)Nc2cccc(-c3ccc(CO)o3)c2)cc1. The maximum atomic E-state index is 12.4. The van der Waals surface area contributed by atoms with Crippen molar-refractivity contribution < 1.29 is 19.1 Å². The summed E-state index contributed by atoms with van der Waals surface area (Å²) >= 11 is 5.27. The second-order valence-electron chi connectivity index (χ2n) is 7.14. The zero-order chi connectivity index (χ0) is 21.5. The Morgan fingerprint density at radius 2 is 1.90 bits per heavy atom. The number of thiocarbonyl (C=S) groups is 1. The summed E-state index contributed by atoms with van der Waals surface area (Å²) in [6.45, 7) is 4.62. The smallest absolute Gasteiger partial charge is 0.257 e. The van der Waals surface area contributed by atoms with Crippen LogP contribution in [0, 0.1) is 5.92 Å². The van der Waals surface area contributed by atoms with Gasteiger partial charge in [-0.05, 0) is 66.7 Å². The van der Waals surface area contributed by atoms with Crippen LogP contribution in [0.1, 0.15) is 30.0 Å². The van der Waals surface area contributed by atoms with Crippen LogP contribution in [0.5, 0.6) is 5.75 Å². The van der Waals surface area contributed by atoms with Gasteiger partial charge in [0, 0.05) is 16.8 Å². The van der Waals surface area contributed by atoms with Gasteiger partial charge in [0.25, 0.3) is 5.91 Å². The highest BCUT2D eigenvalue weighted by atomic mass is 32.1. The van der Waals surface area contributed by atoms with Gasteiger partial charge in [0.2, 0.25) is 0 Å². The van der Waals surface area contributed by atoms with Crippen molar-refractivity contribution in [3.8, 4) is 17.1 Å². The fraction of sp³-hybridized carbons (Fsp3) is 0.217. The molecule has 6 nitrogen and oxygen atoms in total. The van der Waals surface area contributed by atoms with E-state index in [1.54, 1.807) is 36.4 Å². The minimum atomic E-state index is -0.308. The highest BCUT2D eigenvalue weighted by molar-refractivity contribution is 7.80. The predicted molar refractivity (Wildman–Crippen MR) is 121 cm³/mol. The highest BCUT2D eigenvalue weighted by Crippen LogP contribution is 2.25. The van der Waals surface area contributed by atoms with Crippen LogP contribution < -0.4 is 15.4 Å². The van der Waals surface area contributed by atoms with Crippen molar-refractivity contribution in [3.63, 3.8) is 0 Å². The molecule has 0 aliphatic carbocycles. The molecule has 1 amide bonds. The number of aliphatic hydroxyl groups is 1. The molecule has 7 heteroatoms. The molecule has 0 saturated heterocycles. The lowest BCUT2D eigenvalue weighted by Gasteiger charge is -2.11. The standard InChI is InChI=1S/C23H24N2O4S/c1-15(2)14-28-19-8-6-16(7-9-19)22(27)25-23(30)24-18-5-3-4-17(12-18)21-11-10-20(13-26)29-21/h3-12,15,26H,13-14H2,1-2H3,(H2,24,25,27,30). The van der Waals surface area contributed by atoms with Crippen LogP contribution in [0.4, 0.5) is 5.69 Å². The monoisotopic (exact) mass is 424 g/mol. The van der Waals surface area contributed by atoms with Crippen LogP contribution in [0.25, 0.3) is 11.3 Å². The molecule has 1 heterocycles. The van der Waals surface area contributed by atoms with E-state index in [2.05, 4.69) is 24.5 Å². The summed E-state index contributed by atoms with van der Waals surface area (Å²) in [5.41, 5.74) is 2.01. The lowest BCUT2D eigenvalue weighted by atomic mass is 10.1. The Morgan fingerprint density at radius 1 is 1.13 bits per heavy atom. The summed E-state index contributed by atoms with van der Waals surface area (Å²) in [4.78, 5) is 12.4. The summed E-state index contributed by atoms with van der Waals surface area (Å²) < 4.78 is 11.2. The molecule has 3 N–H and O–H groups in total. The number of rotatable bonds is 7. The molecule has 156 valence electrons. The molecule has 30 heavy (non-hydrogen) atoms. The van der Waals surface area contributed by atoms with E-state index in [0.717, 1.165) is 11.3 Å². The Bertz CT molecular complexity index is 1010. The van der Waals surface area contributed by atoms with Gasteiger partial charge in [-0.3, -0.25) is 10.1 Å². The van der Waals surface area contributed by atoms with Crippen LogP contribution in [-0.2, 0) is 6.61 Å². The first-order chi connectivity index (χ1) is 14.4. The van der Waals surface area contributed by atoms with Gasteiger partial charge < -0.3 is 19.6 Å². The maximum absolute atomic E-state index is 12.4. The molecule has 0 atom stereocenters. The first-order valence-electron chi connectivity index (χ1n) is 9.60. The Balaban J connectivity index is 1.58. The van der Waals surface area contributed by atoms with Crippen LogP contribution in [0.3, 0.4) is 0 Å². The lowest BCUT2D eigenvalue weighted by Crippen LogP contribution is -2.34. The molecular formula is C23H24N2O4S. The molecule has 0 aliphatic rings. The number of hydrogen-bond donors (Lipinski definition) is 3. The Hall–Kier alpha value is -3.16. The van der Waals surface area contributed by atoms with Crippen LogP contribution in [0.2, 0.25) is 0 Å². The second kappa shape index (κ2) is 10.0. The molecule has 1 aromatic heterocycles. The number of ether oxygens (including phenoxy) is 1. The summed E-state index contributed by atoms with van der Waals surface area (Å²) in [6, 6.07) is 17.8. The van der Waals surface area contributed by atoms with Crippen molar-refractivity contribution in [1.82, 2.24) is 5.32 Å². The summed E-state index contributed by atoms with van der Waals surface area (Å²) in [5.74, 6) is 1.97. The average Bonchev–Trinajstić information content (AvgIpc) is 3.22. The minimum Gasteiger partial charge on any atom is -0.493 e. The number of benzene rings is 2. The number of anilines is 1. The number of amides is 1. The third-order valence-corrected chi connectivity index (χ3v) is 4.35.